The molecule has 1 rings (SSSR count). The Balaban J connectivity index is 2.60. The van der Waals surface area contributed by atoms with E-state index in [-0.39, 0.29) is 4.47 Å². The van der Waals surface area contributed by atoms with E-state index in [1.54, 1.807) is 0 Å². The summed E-state index contributed by atoms with van der Waals surface area (Å²) in [6.07, 6.45) is 3.04. The Hall–Kier alpha value is -0.170. The van der Waals surface area contributed by atoms with E-state index < -0.39 is 16.3 Å². The summed E-state index contributed by atoms with van der Waals surface area (Å²) in [5, 5.41) is 8.88. The highest BCUT2D eigenvalue weighted by Gasteiger charge is 2.29. The Morgan fingerprint density at radius 2 is 1.73 bits per heavy atom. The van der Waals surface area contributed by atoms with Gasteiger partial charge in [0, 0.05) is 0 Å². The van der Waals surface area contributed by atoms with E-state index in [4.69, 9.17) is 9.76 Å². The molecular formula is C5H11NO4S. The van der Waals surface area contributed by atoms with Crippen molar-refractivity contribution < 1.29 is 18.2 Å². The molecule has 0 aliphatic heterocycles. The average molecular weight is 181 g/mol. The maximum absolute atomic E-state index is 10.3. The number of nitrogens with zero attached hydrogens (tertiary/aromatic N) is 1. The molecule has 0 aromatic carbocycles. The highest BCUT2D eigenvalue weighted by molar-refractivity contribution is 7.83. The first-order valence-corrected chi connectivity index (χ1v) is 4.87. The van der Waals surface area contributed by atoms with E-state index in [9.17, 15) is 8.42 Å². The summed E-state index contributed by atoms with van der Waals surface area (Å²) in [5.41, 5.74) is 0. The van der Waals surface area contributed by atoms with Crippen LogP contribution in [0.4, 0.5) is 0 Å². The van der Waals surface area contributed by atoms with Gasteiger partial charge in [-0.05, 0) is 12.8 Å². The zero-order valence-electron chi connectivity index (χ0n) is 5.97. The maximum atomic E-state index is 10.3. The molecule has 0 aromatic rings. The van der Waals surface area contributed by atoms with Crippen molar-refractivity contribution in [3.05, 3.63) is 0 Å². The SMILES string of the molecule is O=S(=O)(O)N(O)C1CCCC1. The molecule has 11 heavy (non-hydrogen) atoms. The molecule has 5 nitrogen and oxygen atoms in total. The van der Waals surface area contributed by atoms with E-state index in [1.807, 2.05) is 0 Å². The smallest absolute Gasteiger partial charge is 0.297 e. The van der Waals surface area contributed by atoms with Crippen LogP contribution in [0.15, 0.2) is 0 Å². The van der Waals surface area contributed by atoms with Gasteiger partial charge in [-0.15, -0.1) is 0 Å². The van der Waals surface area contributed by atoms with Gasteiger partial charge in [0.1, 0.15) is 0 Å². The number of hydrogen-bond acceptors (Lipinski definition) is 3. The molecule has 6 heteroatoms. The number of hydrogen-bond donors (Lipinski definition) is 2. The lowest BCUT2D eigenvalue weighted by Crippen LogP contribution is -2.35. The molecule has 0 unspecified atom stereocenters. The van der Waals surface area contributed by atoms with Crippen LogP contribution in [0.5, 0.6) is 0 Å². The fourth-order valence-electron chi connectivity index (χ4n) is 1.31. The van der Waals surface area contributed by atoms with Gasteiger partial charge < -0.3 is 0 Å². The van der Waals surface area contributed by atoms with Crippen LogP contribution in [0.3, 0.4) is 0 Å². The van der Waals surface area contributed by atoms with Gasteiger partial charge in [-0.25, -0.2) is 0 Å². The maximum Gasteiger partial charge on any atom is 0.358 e. The third kappa shape index (κ3) is 2.13. The van der Waals surface area contributed by atoms with Crippen molar-refractivity contribution in [1.82, 2.24) is 4.47 Å². The minimum atomic E-state index is -4.40. The monoisotopic (exact) mass is 181 g/mol. The standard InChI is InChI=1S/C5H11NO4S/c7-6(11(8,9)10)5-3-1-2-4-5/h5,7H,1-4H2,(H,8,9,10). The largest absolute Gasteiger partial charge is 0.358 e. The Bertz CT molecular complexity index is 219. The van der Waals surface area contributed by atoms with Crippen LogP contribution in [-0.4, -0.2) is 28.7 Å². The average Bonchev–Trinajstić information content (AvgIpc) is 2.34. The van der Waals surface area contributed by atoms with E-state index in [0.29, 0.717) is 12.8 Å². The molecule has 0 atom stereocenters. The number of hydroxylamine groups is 1. The first-order chi connectivity index (χ1) is 5.02. The van der Waals surface area contributed by atoms with Gasteiger partial charge in [0.05, 0.1) is 6.04 Å². The molecule has 2 N–H and O–H groups in total. The molecule has 1 saturated carbocycles. The van der Waals surface area contributed by atoms with Crippen molar-refractivity contribution in [2.45, 2.75) is 31.7 Å². The first-order valence-electron chi connectivity index (χ1n) is 3.47. The van der Waals surface area contributed by atoms with Crippen molar-refractivity contribution >= 4 is 10.3 Å². The molecule has 0 aromatic heterocycles. The van der Waals surface area contributed by atoms with Crippen LogP contribution >= 0.6 is 0 Å². The summed E-state index contributed by atoms with van der Waals surface area (Å²) in [5.74, 6) is 0. The fourth-order valence-corrected chi connectivity index (χ4v) is 1.90. The lowest BCUT2D eigenvalue weighted by Gasteiger charge is -2.16. The molecule has 0 bridgehead atoms. The summed E-state index contributed by atoms with van der Waals surface area (Å²) in [4.78, 5) is 0. The molecule has 0 spiro atoms. The normalized spacial score (nSPS) is 21.4. The first kappa shape index (κ1) is 8.92. The van der Waals surface area contributed by atoms with Gasteiger partial charge in [0.2, 0.25) is 0 Å². The minimum Gasteiger partial charge on any atom is -0.297 e. The summed E-state index contributed by atoms with van der Waals surface area (Å²) < 4.78 is 29.1. The number of rotatable bonds is 2. The van der Waals surface area contributed by atoms with Crippen molar-refractivity contribution in [2.75, 3.05) is 0 Å². The van der Waals surface area contributed by atoms with Crippen LogP contribution in [0.25, 0.3) is 0 Å². The minimum absolute atomic E-state index is 0.0556. The Kier molecular flexibility index (Phi) is 2.48. The fraction of sp³-hybridized carbons (Fsp3) is 1.00. The van der Waals surface area contributed by atoms with E-state index in [2.05, 4.69) is 0 Å². The van der Waals surface area contributed by atoms with Crippen LogP contribution < -0.4 is 0 Å². The van der Waals surface area contributed by atoms with Crippen molar-refractivity contribution in [3.63, 3.8) is 0 Å². The van der Waals surface area contributed by atoms with Crippen LogP contribution in [0.1, 0.15) is 25.7 Å². The zero-order valence-corrected chi connectivity index (χ0v) is 6.79. The third-order valence-corrected chi connectivity index (χ3v) is 2.64. The highest BCUT2D eigenvalue weighted by atomic mass is 32.2. The quantitative estimate of drug-likeness (QED) is 0.478. The molecule has 66 valence electrons. The van der Waals surface area contributed by atoms with Crippen molar-refractivity contribution in [2.24, 2.45) is 0 Å². The van der Waals surface area contributed by atoms with Crippen molar-refractivity contribution in [3.8, 4) is 0 Å². The van der Waals surface area contributed by atoms with Gasteiger partial charge in [0.25, 0.3) is 0 Å². The second-order valence-electron chi connectivity index (χ2n) is 2.69. The molecule has 0 radical (unpaired) electrons. The molecule has 0 saturated heterocycles. The van der Waals surface area contributed by atoms with E-state index in [0.717, 1.165) is 12.8 Å². The van der Waals surface area contributed by atoms with Crippen LogP contribution in [0.2, 0.25) is 0 Å². The second-order valence-corrected chi connectivity index (χ2v) is 3.96. The Labute approximate surface area is 65.5 Å². The second kappa shape index (κ2) is 3.06. The molecule has 1 fully saturated rings. The topological polar surface area (TPSA) is 77.8 Å². The molecule has 1 aliphatic carbocycles. The van der Waals surface area contributed by atoms with Crippen LogP contribution in [-0.2, 0) is 10.3 Å². The lowest BCUT2D eigenvalue weighted by molar-refractivity contribution is -0.0421. The van der Waals surface area contributed by atoms with Gasteiger partial charge >= 0.3 is 10.3 Å². The van der Waals surface area contributed by atoms with Crippen molar-refractivity contribution in [1.29, 1.82) is 0 Å². The lowest BCUT2D eigenvalue weighted by atomic mass is 10.3. The third-order valence-electron chi connectivity index (χ3n) is 1.87. The highest BCUT2D eigenvalue weighted by Crippen LogP contribution is 2.23. The summed E-state index contributed by atoms with van der Waals surface area (Å²) in [7, 11) is -4.40. The van der Waals surface area contributed by atoms with Crippen LogP contribution in [0, 0.1) is 0 Å². The Morgan fingerprint density at radius 1 is 1.27 bits per heavy atom. The predicted octanol–water partition coefficient (Wildman–Crippen LogP) is 0.423. The molecule has 1 aliphatic rings. The molecule has 0 amide bonds. The van der Waals surface area contributed by atoms with Gasteiger partial charge in [-0.3, -0.25) is 9.76 Å². The Morgan fingerprint density at radius 3 is 2.09 bits per heavy atom. The summed E-state index contributed by atoms with van der Waals surface area (Å²) in [6, 6.07) is -0.426. The molecular weight excluding hydrogens is 170 g/mol. The van der Waals surface area contributed by atoms with Gasteiger partial charge in [-0.1, -0.05) is 17.3 Å². The van der Waals surface area contributed by atoms with Gasteiger partial charge in [0.15, 0.2) is 0 Å². The van der Waals surface area contributed by atoms with E-state index >= 15 is 0 Å². The van der Waals surface area contributed by atoms with E-state index in [1.165, 1.54) is 0 Å². The summed E-state index contributed by atoms with van der Waals surface area (Å²) >= 11 is 0. The summed E-state index contributed by atoms with van der Waals surface area (Å²) in [6.45, 7) is 0. The van der Waals surface area contributed by atoms with Gasteiger partial charge in [-0.2, -0.15) is 8.42 Å². The predicted molar refractivity (Wildman–Crippen MR) is 37.4 cm³/mol. The zero-order chi connectivity index (χ0) is 8.48. The molecule has 0 heterocycles.